The second kappa shape index (κ2) is 3.85. The molecule has 0 aliphatic carbocycles. The fraction of sp³-hybridized carbons (Fsp3) is 0. The van der Waals surface area contributed by atoms with Crippen LogP contribution in [0.2, 0.25) is 10.2 Å². The molecule has 0 unspecified atom stereocenters. The molecule has 0 bridgehead atoms. The van der Waals surface area contributed by atoms with Crippen LogP contribution in [0.1, 0.15) is 0 Å². The molecule has 2 aromatic rings. The van der Waals surface area contributed by atoms with Crippen molar-refractivity contribution >= 4 is 50.0 Å². The molecule has 1 heterocycles. The van der Waals surface area contributed by atoms with E-state index in [1.165, 1.54) is 6.07 Å². The zero-order valence-electron chi connectivity index (χ0n) is 6.99. The van der Waals surface area contributed by atoms with E-state index >= 15 is 0 Å². The number of rotatable bonds is 0. The summed E-state index contributed by atoms with van der Waals surface area (Å²) in [4.78, 5) is 3.75. The lowest BCUT2D eigenvalue weighted by molar-refractivity contribution is 0.579. The largest absolute Gasteiger partial charge is 0.233 e. The summed E-state index contributed by atoms with van der Waals surface area (Å²) in [5.74, 6) is -1.54. The summed E-state index contributed by atoms with van der Waals surface area (Å²) in [6.45, 7) is 0. The number of nitrogens with zero attached hydrogens (tertiary/aromatic N) is 1. The molecule has 0 aliphatic rings. The Balaban J connectivity index is 2.98. The van der Waals surface area contributed by atoms with Gasteiger partial charge in [-0.2, -0.15) is 0 Å². The van der Waals surface area contributed by atoms with Crippen LogP contribution in [0.3, 0.4) is 0 Å². The SMILES string of the molecule is Fc1cc2c(Cl)cc(Cl)nc2c(F)c1Br. The molecule has 0 aliphatic heterocycles. The lowest BCUT2D eigenvalue weighted by Crippen LogP contribution is -1.91. The van der Waals surface area contributed by atoms with Crippen molar-refractivity contribution in [1.82, 2.24) is 4.98 Å². The van der Waals surface area contributed by atoms with Gasteiger partial charge in [0.2, 0.25) is 0 Å². The Morgan fingerprint density at radius 3 is 2.53 bits per heavy atom. The van der Waals surface area contributed by atoms with Crippen LogP contribution >= 0.6 is 39.1 Å². The van der Waals surface area contributed by atoms with Crippen LogP contribution in [-0.4, -0.2) is 4.98 Å². The van der Waals surface area contributed by atoms with Gasteiger partial charge in [0.05, 0.1) is 9.50 Å². The maximum Gasteiger partial charge on any atom is 0.166 e. The third kappa shape index (κ3) is 1.82. The first-order valence-electron chi connectivity index (χ1n) is 3.80. The van der Waals surface area contributed by atoms with Gasteiger partial charge in [0.15, 0.2) is 5.82 Å². The average molecular weight is 313 g/mol. The van der Waals surface area contributed by atoms with E-state index in [9.17, 15) is 8.78 Å². The van der Waals surface area contributed by atoms with E-state index in [4.69, 9.17) is 23.2 Å². The normalized spacial score (nSPS) is 11.0. The zero-order valence-corrected chi connectivity index (χ0v) is 10.1. The molecule has 1 aromatic heterocycles. The second-order valence-corrected chi connectivity index (χ2v) is 4.40. The molecule has 0 N–H and O–H groups in total. The highest BCUT2D eigenvalue weighted by molar-refractivity contribution is 9.10. The van der Waals surface area contributed by atoms with Crippen molar-refractivity contribution in [2.45, 2.75) is 0 Å². The molecule has 0 fully saturated rings. The van der Waals surface area contributed by atoms with Crippen molar-refractivity contribution in [3.05, 3.63) is 38.4 Å². The molecule has 2 rings (SSSR count). The standard InChI is InChI=1S/C9H2BrCl2F2N/c10-7-5(13)1-3-4(11)2-6(12)15-9(3)8(7)14/h1-2H. The average Bonchev–Trinajstić information content (AvgIpc) is 2.17. The highest BCUT2D eigenvalue weighted by Crippen LogP contribution is 2.32. The first kappa shape index (κ1) is 11.0. The summed E-state index contributed by atoms with van der Waals surface area (Å²) in [6, 6.07) is 2.44. The Morgan fingerprint density at radius 1 is 1.20 bits per heavy atom. The van der Waals surface area contributed by atoms with Crippen molar-refractivity contribution in [2.75, 3.05) is 0 Å². The Labute approximate surface area is 102 Å². The molecule has 1 nitrogen and oxygen atoms in total. The van der Waals surface area contributed by atoms with Crippen LogP contribution < -0.4 is 0 Å². The molecule has 0 amide bonds. The van der Waals surface area contributed by atoms with Gasteiger partial charge in [-0.1, -0.05) is 23.2 Å². The Hall–Kier alpha value is -0.450. The molecular formula is C9H2BrCl2F2N. The first-order chi connectivity index (χ1) is 7.00. The predicted octanol–water partition coefficient (Wildman–Crippen LogP) is 4.58. The van der Waals surface area contributed by atoms with E-state index in [1.807, 2.05) is 0 Å². The van der Waals surface area contributed by atoms with E-state index in [0.717, 1.165) is 6.07 Å². The third-order valence-corrected chi connectivity index (χ3v) is 3.09. The number of pyridine rings is 1. The van der Waals surface area contributed by atoms with Gasteiger partial charge >= 0.3 is 0 Å². The number of benzene rings is 1. The minimum absolute atomic E-state index is 0.0548. The fourth-order valence-corrected chi connectivity index (χ4v) is 2.00. The van der Waals surface area contributed by atoms with Crippen molar-refractivity contribution in [1.29, 1.82) is 0 Å². The molecule has 15 heavy (non-hydrogen) atoms. The van der Waals surface area contributed by atoms with Crippen LogP contribution in [0.5, 0.6) is 0 Å². The minimum atomic E-state index is -0.811. The minimum Gasteiger partial charge on any atom is -0.233 e. The number of aromatic nitrogens is 1. The lowest BCUT2D eigenvalue weighted by atomic mass is 10.2. The van der Waals surface area contributed by atoms with Crippen LogP contribution in [-0.2, 0) is 0 Å². The topological polar surface area (TPSA) is 12.9 Å². The second-order valence-electron chi connectivity index (χ2n) is 2.81. The van der Waals surface area contributed by atoms with Crippen LogP contribution in [0, 0.1) is 11.6 Å². The highest BCUT2D eigenvalue weighted by atomic mass is 79.9. The molecule has 78 valence electrons. The van der Waals surface area contributed by atoms with E-state index in [-0.39, 0.29) is 25.6 Å². The van der Waals surface area contributed by atoms with Crippen molar-refractivity contribution < 1.29 is 8.78 Å². The van der Waals surface area contributed by atoms with Gasteiger partial charge in [0, 0.05) is 5.39 Å². The highest BCUT2D eigenvalue weighted by Gasteiger charge is 2.15. The number of halogens is 5. The Morgan fingerprint density at radius 2 is 1.87 bits per heavy atom. The molecule has 0 radical (unpaired) electrons. The Kier molecular flexibility index (Phi) is 2.83. The summed E-state index contributed by atoms with van der Waals surface area (Å²) >= 11 is 14.2. The van der Waals surface area contributed by atoms with E-state index in [0.29, 0.717) is 0 Å². The number of fused-ring (bicyclic) bond motifs is 1. The maximum atomic E-state index is 13.6. The van der Waals surface area contributed by atoms with E-state index in [2.05, 4.69) is 20.9 Å². The van der Waals surface area contributed by atoms with Gasteiger partial charge in [-0.3, -0.25) is 0 Å². The summed E-state index contributed by atoms with van der Waals surface area (Å²) in [5.41, 5.74) is -0.0548. The summed E-state index contributed by atoms with van der Waals surface area (Å²) in [7, 11) is 0. The van der Waals surface area contributed by atoms with Gasteiger partial charge in [0.25, 0.3) is 0 Å². The summed E-state index contributed by atoms with van der Waals surface area (Å²) in [5, 5.41) is 0.416. The summed E-state index contributed by atoms with van der Waals surface area (Å²) in [6.07, 6.45) is 0. The van der Waals surface area contributed by atoms with Crippen molar-refractivity contribution in [3.8, 4) is 0 Å². The number of hydrogen-bond donors (Lipinski definition) is 0. The summed E-state index contributed by atoms with van der Waals surface area (Å²) < 4.78 is 26.5. The van der Waals surface area contributed by atoms with Crippen molar-refractivity contribution in [3.63, 3.8) is 0 Å². The molecule has 0 atom stereocenters. The lowest BCUT2D eigenvalue weighted by Gasteiger charge is -2.04. The van der Waals surface area contributed by atoms with Crippen LogP contribution in [0.25, 0.3) is 10.9 Å². The van der Waals surface area contributed by atoms with Crippen molar-refractivity contribution in [2.24, 2.45) is 0 Å². The fourth-order valence-electron chi connectivity index (χ4n) is 1.20. The van der Waals surface area contributed by atoms with Gasteiger partial charge < -0.3 is 0 Å². The zero-order chi connectivity index (χ0) is 11.2. The number of hydrogen-bond acceptors (Lipinski definition) is 1. The smallest absolute Gasteiger partial charge is 0.166 e. The molecule has 0 spiro atoms. The maximum absolute atomic E-state index is 13.6. The van der Waals surface area contributed by atoms with Gasteiger partial charge in [0.1, 0.15) is 16.5 Å². The van der Waals surface area contributed by atoms with Gasteiger partial charge in [-0.15, -0.1) is 0 Å². The van der Waals surface area contributed by atoms with Gasteiger partial charge in [-0.05, 0) is 28.1 Å². The van der Waals surface area contributed by atoms with Crippen LogP contribution in [0.4, 0.5) is 8.78 Å². The molecular weight excluding hydrogens is 311 g/mol. The molecule has 6 heteroatoms. The Bertz CT molecular complexity index is 560. The third-order valence-electron chi connectivity index (χ3n) is 1.86. The predicted molar refractivity (Wildman–Crippen MR) is 59.4 cm³/mol. The molecule has 0 saturated carbocycles. The van der Waals surface area contributed by atoms with E-state index < -0.39 is 11.6 Å². The van der Waals surface area contributed by atoms with E-state index in [1.54, 1.807) is 0 Å². The molecule has 0 saturated heterocycles. The molecule has 1 aromatic carbocycles. The van der Waals surface area contributed by atoms with Gasteiger partial charge in [-0.25, -0.2) is 13.8 Å². The monoisotopic (exact) mass is 311 g/mol. The quantitative estimate of drug-likeness (QED) is 0.512. The van der Waals surface area contributed by atoms with Crippen LogP contribution in [0.15, 0.2) is 16.6 Å². The first-order valence-corrected chi connectivity index (χ1v) is 5.35.